The maximum Gasteiger partial charge on any atom is 0.254 e. The Kier molecular flexibility index (Phi) is 4.06. The van der Waals surface area contributed by atoms with Crippen LogP contribution >= 0.6 is 11.8 Å². The molecule has 2 rings (SSSR count). The molecule has 1 aromatic carbocycles. The van der Waals surface area contributed by atoms with E-state index in [4.69, 9.17) is 0 Å². The molecule has 2 aromatic rings. The Labute approximate surface area is 116 Å². The number of phenolic OH excluding ortho intramolecular Hbond substituents is 1. The number of carbonyl (C=O) groups excluding carboxylic acids is 1. The zero-order valence-corrected chi connectivity index (χ0v) is 11.5. The maximum atomic E-state index is 11.7. The van der Waals surface area contributed by atoms with Gasteiger partial charge in [-0.3, -0.25) is 4.79 Å². The van der Waals surface area contributed by atoms with Crippen molar-refractivity contribution >= 4 is 17.7 Å². The van der Waals surface area contributed by atoms with E-state index in [1.165, 1.54) is 16.7 Å². The Hall–Kier alpha value is -2.01. The van der Waals surface area contributed by atoms with Crippen molar-refractivity contribution in [2.24, 2.45) is 0 Å². The number of aromatic hydroxyl groups is 1. The molecule has 1 amide bonds. The Morgan fingerprint density at radius 1 is 1.16 bits per heavy atom. The van der Waals surface area contributed by atoms with Gasteiger partial charge in [0.2, 0.25) is 0 Å². The van der Waals surface area contributed by atoms with E-state index in [0.29, 0.717) is 5.56 Å². The van der Waals surface area contributed by atoms with Crippen molar-refractivity contribution in [2.45, 2.75) is 9.92 Å². The lowest BCUT2D eigenvalue weighted by molar-refractivity contribution is 0.0827. The van der Waals surface area contributed by atoms with E-state index in [2.05, 4.69) is 4.98 Å². The van der Waals surface area contributed by atoms with Crippen molar-refractivity contribution < 1.29 is 9.90 Å². The molecule has 0 fully saturated rings. The highest BCUT2D eigenvalue weighted by molar-refractivity contribution is 7.99. The van der Waals surface area contributed by atoms with E-state index in [1.54, 1.807) is 38.5 Å². The molecular weight excluding hydrogens is 260 g/mol. The molecule has 0 spiro atoms. The molecule has 0 atom stereocenters. The summed E-state index contributed by atoms with van der Waals surface area (Å²) in [4.78, 5) is 18.5. The van der Waals surface area contributed by atoms with Gasteiger partial charge in [0.15, 0.2) is 0 Å². The lowest BCUT2D eigenvalue weighted by Crippen LogP contribution is -2.21. The molecule has 1 N–H and O–H groups in total. The lowest BCUT2D eigenvalue weighted by atomic mass is 10.2. The van der Waals surface area contributed by atoms with Crippen LogP contribution in [-0.4, -0.2) is 35.0 Å². The summed E-state index contributed by atoms with van der Waals surface area (Å²) >= 11 is 1.48. The van der Waals surface area contributed by atoms with Crippen LogP contribution in [0.1, 0.15) is 10.4 Å². The number of nitrogens with zero attached hydrogens (tertiary/aromatic N) is 2. The lowest BCUT2D eigenvalue weighted by Gasteiger charge is -2.09. The highest BCUT2D eigenvalue weighted by Gasteiger charge is 2.08. The van der Waals surface area contributed by atoms with E-state index in [0.717, 1.165) is 9.92 Å². The van der Waals surface area contributed by atoms with Crippen molar-refractivity contribution in [1.82, 2.24) is 9.88 Å². The predicted molar refractivity (Wildman–Crippen MR) is 74.5 cm³/mol. The molecule has 98 valence electrons. The first-order valence-corrected chi connectivity index (χ1v) is 6.52. The number of aromatic nitrogens is 1. The minimum Gasteiger partial charge on any atom is -0.508 e. The van der Waals surface area contributed by atoms with Crippen molar-refractivity contribution in [1.29, 1.82) is 0 Å². The average molecular weight is 274 g/mol. The largest absolute Gasteiger partial charge is 0.508 e. The van der Waals surface area contributed by atoms with Crippen molar-refractivity contribution in [3.8, 4) is 5.75 Å². The second kappa shape index (κ2) is 5.75. The molecule has 1 aromatic heterocycles. The fourth-order valence-corrected chi connectivity index (χ4v) is 2.22. The minimum atomic E-state index is -0.0614. The molecule has 0 bridgehead atoms. The molecule has 0 radical (unpaired) electrons. The smallest absolute Gasteiger partial charge is 0.254 e. The summed E-state index contributed by atoms with van der Waals surface area (Å²) < 4.78 is 0. The van der Waals surface area contributed by atoms with E-state index in [-0.39, 0.29) is 11.7 Å². The molecule has 0 saturated heterocycles. The van der Waals surface area contributed by atoms with Crippen LogP contribution in [-0.2, 0) is 0 Å². The number of hydrogen-bond donors (Lipinski definition) is 1. The van der Waals surface area contributed by atoms with Gasteiger partial charge in [0.05, 0.1) is 5.56 Å². The van der Waals surface area contributed by atoms with E-state index < -0.39 is 0 Å². The number of phenols is 1. The van der Waals surface area contributed by atoms with Crippen LogP contribution < -0.4 is 0 Å². The SMILES string of the molecule is CN(C)C(=O)c1ccc(Sc2ccc(O)cc2)nc1. The van der Waals surface area contributed by atoms with Crippen LogP contribution in [0.25, 0.3) is 0 Å². The second-order valence-corrected chi connectivity index (χ2v) is 5.27. The number of pyridine rings is 1. The highest BCUT2D eigenvalue weighted by atomic mass is 32.2. The van der Waals surface area contributed by atoms with Crippen LogP contribution in [0.5, 0.6) is 5.75 Å². The fourth-order valence-electron chi connectivity index (χ4n) is 1.46. The van der Waals surface area contributed by atoms with Crippen LogP contribution in [0.2, 0.25) is 0 Å². The first kappa shape index (κ1) is 13.4. The highest BCUT2D eigenvalue weighted by Crippen LogP contribution is 2.27. The Bertz CT molecular complexity index is 565. The molecule has 19 heavy (non-hydrogen) atoms. The van der Waals surface area contributed by atoms with E-state index >= 15 is 0 Å². The standard InChI is InChI=1S/C14H14N2O2S/c1-16(2)14(18)10-3-8-13(15-9-10)19-12-6-4-11(17)5-7-12/h3-9,17H,1-2H3. The Balaban J connectivity index is 2.10. The second-order valence-electron chi connectivity index (χ2n) is 4.18. The van der Waals surface area contributed by atoms with Crippen molar-refractivity contribution in [3.63, 3.8) is 0 Å². The van der Waals surface area contributed by atoms with Gasteiger partial charge >= 0.3 is 0 Å². The van der Waals surface area contributed by atoms with Gasteiger partial charge in [-0.1, -0.05) is 11.8 Å². The van der Waals surface area contributed by atoms with Gasteiger partial charge in [-0.2, -0.15) is 0 Å². The number of amides is 1. The van der Waals surface area contributed by atoms with Crippen LogP contribution in [0.15, 0.2) is 52.5 Å². The third-order valence-electron chi connectivity index (χ3n) is 2.45. The van der Waals surface area contributed by atoms with Gasteiger partial charge in [0, 0.05) is 25.2 Å². The van der Waals surface area contributed by atoms with Gasteiger partial charge in [-0.25, -0.2) is 4.98 Å². The van der Waals surface area contributed by atoms with Crippen molar-refractivity contribution in [2.75, 3.05) is 14.1 Å². The normalized spacial score (nSPS) is 10.2. The summed E-state index contributed by atoms with van der Waals surface area (Å²) in [5.41, 5.74) is 0.569. The summed E-state index contributed by atoms with van der Waals surface area (Å²) in [6, 6.07) is 10.5. The third-order valence-corrected chi connectivity index (χ3v) is 3.41. The molecule has 4 nitrogen and oxygen atoms in total. The quantitative estimate of drug-likeness (QED) is 0.935. The monoisotopic (exact) mass is 274 g/mol. The topological polar surface area (TPSA) is 53.4 Å². The van der Waals surface area contributed by atoms with E-state index in [1.807, 2.05) is 18.2 Å². The van der Waals surface area contributed by atoms with Crippen LogP contribution in [0.3, 0.4) is 0 Å². The first-order chi connectivity index (χ1) is 9.06. The number of benzene rings is 1. The van der Waals surface area contributed by atoms with Gasteiger partial charge in [-0.15, -0.1) is 0 Å². The molecule has 0 aliphatic rings. The zero-order valence-electron chi connectivity index (χ0n) is 10.7. The molecule has 5 heteroatoms. The summed E-state index contributed by atoms with van der Waals surface area (Å²) in [5, 5.41) is 10.0. The molecule has 0 aliphatic heterocycles. The van der Waals surface area contributed by atoms with Crippen LogP contribution in [0, 0.1) is 0 Å². The van der Waals surface area contributed by atoms with Gasteiger partial charge in [0.1, 0.15) is 10.8 Å². The third kappa shape index (κ3) is 3.48. The summed E-state index contributed by atoms with van der Waals surface area (Å²) in [5.74, 6) is 0.179. The first-order valence-electron chi connectivity index (χ1n) is 5.71. The Morgan fingerprint density at radius 2 is 1.84 bits per heavy atom. The van der Waals surface area contributed by atoms with Crippen molar-refractivity contribution in [3.05, 3.63) is 48.2 Å². The number of hydrogen-bond acceptors (Lipinski definition) is 4. The molecule has 0 aliphatic carbocycles. The Morgan fingerprint density at radius 3 is 2.37 bits per heavy atom. The maximum absolute atomic E-state index is 11.7. The predicted octanol–water partition coefficient (Wildman–Crippen LogP) is 2.64. The molecule has 1 heterocycles. The number of carbonyl (C=O) groups is 1. The molecule has 0 saturated carbocycles. The summed E-state index contributed by atoms with van der Waals surface area (Å²) in [6.07, 6.45) is 1.57. The number of rotatable bonds is 3. The van der Waals surface area contributed by atoms with E-state index in [9.17, 15) is 9.90 Å². The van der Waals surface area contributed by atoms with Gasteiger partial charge in [0.25, 0.3) is 5.91 Å². The fraction of sp³-hybridized carbons (Fsp3) is 0.143. The minimum absolute atomic E-state index is 0.0614. The molecular formula is C14H14N2O2S. The molecule has 0 unspecified atom stereocenters. The van der Waals surface area contributed by atoms with Crippen LogP contribution in [0.4, 0.5) is 0 Å². The average Bonchev–Trinajstić information content (AvgIpc) is 2.41. The zero-order chi connectivity index (χ0) is 13.8. The van der Waals surface area contributed by atoms with Gasteiger partial charge < -0.3 is 10.0 Å². The summed E-state index contributed by atoms with van der Waals surface area (Å²) in [6.45, 7) is 0. The van der Waals surface area contributed by atoms with Gasteiger partial charge in [-0.05, 0) is 36.4 Å². The summed E-state index contributed by atoms with van der Waals surface area (Å²) in [7, 11) is 3.42.